The highest BCUT2D eigenvalue weighted by Crippen LogP contribution is 2.12. The molecular formula is C16H21NO. The van der Waals surface area contributed by atoms with Crippen molar-refractivity contribution in [1.82, 2.24) is 4.90 Å². The third-order valence-electron chi connectivity index (χ3n) is 3.31. The highest BCUT2D eigenvalue weighted by atomic mass is 16.3. The van der Waals surface area contributed by atoms with Crippen molar-refractivity contribution in [1.29, 1.82) is 0 Å². The number of nitrogens with zero attached hydrogens (tertiary/aromatic N) is 1. The topological polar surface area (TPSA) is 23.5 Å². The zero-order valence-corrected chi connectivity index (χ0v) is 10.8. The molecular weight excluding hydrogens is 222 g/mol. The molecule has 18 heavy (non-hydrogen) atoms. The van der Waals surface area contributed by atoms with E-state index in [2.05, 4.69) is 11.5 Å². The van der Waals surface area contributed by atoms with Crippen LogP contribution in [0, 0.1) is 0 Å². The third-order valence-corrected chi connectivity index (χ3v) is 3.31. The Bertz CT molecular complexity index is 404. The summed E-state index contributed by atoms with van der Waals surface area (Å²) >= 11 is 0. The first-order valence-electron chi connectivity index (χ1n) is 6.57. The van der Waals surface area contributed by atoms with Gasteiger partial charge in [0.05, 0.1) is 6.10 Å². The summed E-state index contributed by atoms with van der Waals surface area (Å²) in [6, 6.07) is 10.0. The summed E-state index contributed by atoms with van der Waals surface area (Å²) < 4.78 is 0. The number of aliphatic hydroxyl groups excluding tert-OH is 1. The molecule has 1 aliphatic rings. The van der Waals surface area contributed by atoms with Crippen molar-refractivity contribution in [2.45, 2.75) is 18.9 Å². The molecule has 96 valence electrons. The van der Waals surface area contributed by atoms with Crippen molar-refractivity contribution in [3.63, 3.8) is 0 Å². The quantitative estimate of drug-likeness (QED) is 0.804. The van der Waals surface area contributed by atoms with Crippen LogP contribution in [0.15, 0.2) is 48.6 Å². The molecule has 1 atom stereocenters. The predicted octanol–water partition coefficient (Wildman–Crippen LogP) is 2.71. The van der Waals surface area contributed by atoms with Gasteiger partial charge in [-0.2, -0.15) is 0 Å². The largest absolute Gasteiger partial charge is 0.385 e. The van der Waals surface area contributed by atoms with Crippen LogP contribution in [-0.4, -0.2) is 35.7 Å². The second-order valence-corrected chi connectivity index (χ2v) is 4.86. The maximum absolute atomic E-state index is 10.0. The Morgan fingerprint density at radius 3 is 2.61 bits per heavy atom. The van der Waals surface area contributed by atoms with E-state index in [9.17, 15) is 5.11 Å². The lowest BCUT2D eigenvalue weighted by atomic mass is 10.1. The fourth-order valence-electron chi connectivity index (χ4n) is 2.22. The van der Waals surface area contributed by atoms with Crippen LogP contribution in [-0.2, 0) is 0 Å². The van der Waals surface area contributed by atoms with Crippen molar-refractivity contribution in [2.24, 2.45) is 0 Å². The second kappa shape index (κ2) is 6.53. The summed E-state index contributed by atoms with van der Waals surface area (Å²) in [6.45, 7) is 7.06. The molecule has 1 aromatic rings. The van der Waals surface area contributed by atoms with Crippen LogP contribution in [0.5, 0.6) is 0 Å². The zero-order valence-electron chi connectivity index (χ0n) is 10.8. The molecule has 0 amide bonds. The van der Waals surface area contributed by atoms with Crippen molar-refractivity contribution >= 4 is 6.08 Å². The van der Waals surface area contributed by atoms with E-state index in [1.54, 1.807) is 0 Å². The molecule has 1 aromatic carbocycles. The van der Waals surface area contributed by atoms with Gasteiger partial charge in [0.2, 0.25) is 0 Å². The monoisotopic (exact) mass is 243 g/mol. The van der Waals surface area contributed by atoms with Gasteiger partial charge >= 0.3 is 0 Å². The molecule has 1 heterocycles. The van der Waals surface area contributed by atoms with Crippen molar-refractivity contribution in [2.75, 3.05) is 19.6 Å². The van der Waals surface area contributed by atoms with Crippen LogP contribution in [0.3, 0.4) is 0 Å². The first-order valence-corrected chi connectivity index (χ1v) is 6.57. The molecule has 2 rings (SSSR count). The molecule has 2 heteroatoms. The van der Waals surface area contributed by atoms with E-state index in [0.29, 0.717) is 0 Å². The minimum absolute atomic E-state index is 0.550. The summed E-state index contributed by atoms with van der Waals surface area (Å²) in [6.07, 6.45) is 5.74. The molecule has 1 fully saturated rings. The Balaban J connectivity index is 1.85. The van der Waals surface area contributed by atoms with E-state index >= 15 is 0 Å². The second-order valence-electron chi connectivity index (χ2n) is 4.86. The van der Waals surface area contributed by atoms with Gasteiger partial charge in [0, 0.05) is 6.54 Å². The lowest BCUT2D eigenvalue weighted by Gasteiger charge is -2.18. The van der Waals surface area contributed by atoms with Crippen LogP contribution in [0.4, 0.5) is 0 Å². The van der Waals surface area contributed by atoms with Gasteiger partial charge in [-0.05, 0) is 37.1 Å². The van der Waals surface area contributed by atoms with Gasteiger partial charge in [-0.25, -0.2) is 0 Å². The van der Waals surface area contributed by atoms with Gasteiger partial charge in [-0.15, -0.1) is 0 Å². The van der Waals surface area contributed by atoms with E-state index < -0.39 is 6.10 Å². The summed E-state index contributed by atoms with van der Waals surface area (Å²) in [5, 5.41) is 10.0. The SMILES string of the molecule is C=C(CN1CCCC1)[C@H](O)/C=C/c1ccccc1. The molecule has 2 nitrogen and oxygen atoms in total. The summed E-state index contributed by atoms with van der Waals surface area (Å²) in [5.41, 5.74) is 1.98. The molecule has 0 aromatic heterocycles. The van der Waals surface area contributed by atoms with Crippen molar-refractivity contribution in [3.05, 3.63) is 54.1 Å². The Morgan fingerprint density at radius 2 is 1.94 bits per heavy atom. The first-order chi connectivity index (χ1) is 8.75. The normalized spacial score (nSPS) is 18.3. The van der Waals surface area contributed by atoms with Gasteiger partial charge in [-0.1, -0.05) is 49.1 Å². The molecule has 0 bridgehead atoms. The van der Waals surface area contributed by atoms with Gasteiger partial charge in [0.25, 0.3) is 0 Å². The van der Waals surface area contributed by atoms with Crippen LogP contribution < -0.4 is 0 Å². The molecule has 0 spiro atoms. The minimum atomic E-state index is -0.550. The Kier molecular flexibility index (Phi) is 4.73. The lowest BCUT2D eigenvalue weighted by Crippen LogP contribution is -2.25. The molecule has 1 saturated heterocycles. The summed E-state index contributed by atoms with van der Waals surface area (Å²) in [7, 11) is 0. The van der Waals surface area contributed by atoms with Crippen LogP contribution in [0.25, 0.3) is 6.08 Å². The van der Waals surface area contributed by atoms with E-state index in [0.717, 1.165) is 30.8 Å². The summed E-state index contributed by atoms with van der Waals surface area (Å²) in [5.74, 6) is 0. The molecule has 1 N–H and O–H groups in total. The van der Waals surface area contributed by atoms with E-state index in [4.69, 9.17) is 0 Å². The number of likely N-dealkylation sites (tertiary alicyclic amines) is 1. The average molecular weight is 243 g/mol. The molecule has 1 aliphatic heterocycles. The van der Waals surface area contributed by atoms with Gasteiger partial charge in [0.15, 0.2) is 0 Å². The highest BCUT2D eigenvalue weighted by Gasteiger charge is 2.14. The molecule has 0 radical (unpaired) electrons. The third kappa shape index (κ3) is 3.83. The van der Waals surface area contributed by atoms with Crippen LogP contribution >= 0.6 is 0 Å². The highest BCUT2D eigenvalue weighted by molar-refractivity contribution is 5.50. The Hall–Kier alpha value is -1.38. The standard InChI is InChI=1S/C16H21NO/c1-14(13-17-11-5-6-12-17)16(18)10-9-15-7-3-2-4-8-15/h2-4,7-10,16,18H,1,5-6,11-13H2/b10-9+/t16-/m1/s1. The number of hydrogen-bond acceptors (Lipinski definition) is 2. The van der Waals surface area contributed by atoms with Crippen molar-refractivity contribution in [3.8, 4) is 0 Å². The van der Waals surface area contributed by atoms with E-state index in [1.807, 2.05) is 42.5 Å². The molecule has 0 saturated carbocycles. The average Bonchev–Trinajstić information content (AvgIpc) is 2.90. The van der Waals surface area contributed by atoms with Gasteiger partial charge in [0.1, 0.15) is 0 Å². The maximum atomic E-state index is 10.0. The van der Waals surface area contributed by atoms with Crippen LogP contribution in [0.1, 0.15) is 18.4 Å². The number of rotatable bonds is 5. The van der Waals surface area contributed by atoms with Crippen molar-refractivity contribution < 1.29 is 5.11 Å². The predicted molar refractivity (Wildman–Crippen MR) is 76.3 cm³/mol. The maximum Gasteiger partial charge on any atom is 0.0944 e. The van der Waals surface area contributed by atoms with Gasteiger partial charge in [-0.3, -0.25) is 4.90 Å². The fourth-order valence-corrected chi connectivity index (χ4v) is 2.22. The minimum Gasteiger partial charge on any atom is -0.385 e. The Labute approximate surface area is 109 Å². The number of aliphatic hydroxyl groups is 1. The number of benzene rings is 1. The summed E-state index contributed by atoms with van der Waals surface area (Å²) in [4.78, 5) is 2.35. The van der Waals surface area contributed by atoms with E-state index in [-0.39, 0.29) is 0 Å². The number of hydrogen-bond donors (Lipinski definition) is 1. The molecule has 0 unspecified atom stereocenters. The van der Waals surface area contributed by atoms with Crippen LogP contribution in [0.2, 0.25) is 0 Å². The molecule has 0 aliphatic carbocycles. The van der Waals surface area contributed by atoms with E-state index in [1.165, 1.54) is 12.8 Å². The lowest BCUT2D eigenvalue weighted by molar-refractivity contribution is 0.241. The fraction of sp³-hybridized carbons (Fsp3) is 0.375. The smallest absolute Gasteiger partial charge is 0.0944 e. The first kappa shape index (κ1) is 13.1. The zero-order chi connectivity index (χ0) is 12.8. The van der Waals surface area contributed by atoms with Gasteiger partial charge < -0.3 is 5.11 Å². The Morgan fingerprint density at radius 1 is 1.28 bits per heavy atom.